The zero-order valence-electron chi connectivity index (χ0n) is 16.1. The Labute approximate surface area is 174 Å². The van der Waals surface area contributed by atoms with Crippen LogP contribution in [0.4, 0.5) is 5.69 Å². The molecule has 2 amide bonds. The van der Waals surface area contributed by atoms with Gasteiger partial charge in [0.1, 0.15) is 0 Å². The molecular weight excluding hydrogens is 400 g/mol. The summed E-state index contributed by atoms with van der Waals surface area (Å²) >= 11 is 0. The average Bonchev–Trinajstić information content (AvgIpc) is 2.75. The molecule has 0 saturated heterocycles. The normalized spacial score (nSPS) is 13.3. The summed E-state index contributed by atoms with van der Waals surface area (Å²) in [4.78, 5) is 24.9. The molecule has 0 saturated carbocycles. The lowest BCUT2D eigenvalue weighted by atomic mass is 9.99. The first-order chi connectivity index (χ1) is 14.4. The van der Waals surface area contributed by atoms with Gasteiger partial charge < -0.3 is 10.6 Å². The minimum atomic E-state index is -3.51. The molecule has 1 aliphatic rings. The van der Waals surface area contributed by atoms with E-state index in [1.807, 2.05) is 6.07 Å². The fraction of sp³-hybridized carbons (Fsp3) is 0.130. The Kier molecular flexibility index (Phi) is 5.37. The van der Waals surface area contributed by atoms with Gasteiger partial charge in [0.2, 0.25) is 0 Å². The predicted octanol–water partition coefficient (Wildman–Crippen LogP) is 3.20. The molecule has 30 heavy (non-hydrogen) atoms. The van der Waals surface area contributed by atoms with E-state index in [9.17, 15) is 18.0 Å². The molecule has 0 aromatic heterocycles. The van der Waals surface area contributed by atoms with Crippen molar-refractivity contribution < 1.29 is 18.0 Å². The number of benzene rings is 3. The molecule has 152 valence electrons. The number of hydrogen-bond donors (Lipinski definition) is 2. The van der Waals surface area contributed by atoms with E-state index in [1.165, 1.54) is 0 Å². The summed E-state index contributed by atoms with van der Waals surface area (Å²) in [6, 6.07) is 20.0. The van der Waals surface area contributed by atoms with Crippen LogP contribution in [0.15, 0.2) is 77.7 Å². The maximum Gasteiger partial charge on any atom is 0.255 e. The molecule has 0 unspecified atom stereocenters. The number of nitrogens with one attached hydrogen (secondary N) is 2. The fourth-order valence-corrected chi connectivity index (χ4v) is 4.78. The first-order valence-corrected chi connectivity index (χ1v) is 11.2. The standard InChI is InChI=1S/C23H20N2O4S/c26-22(25-19-10-9-17-11-12-24-23(27)21(17)14-19)18-6-4-5-16(13-18)15-30(28,29)20-7-2-1-3-8-20/h1-10,13-14H,11-12,15H2,(H,24,27)(H,25,26). The van der Waals surface area contributed by atoms with Crippen molar-refractivity contribution in [1.29, 1.82) is 0 Å². The van der Waals surface area contributed by atoms with E-state index in [2.05, 4.69) is 10.6 Å². The molecule has 3 aromatic carbocycles. The molecule has 0 radical (unpaired) electrons. The summed E-state index contributed by atoms with van der Waals surface area (Å²) in [5.41, 5.74) is 2.89. The molecule has 0 atom stereocenters. The van der Waals surface area contributed by atoms with Crippen LogP contribution in [0.1, 0.15) is 31.8 Å². The summed E-state index contributed by atoms with van der Waals surface area (Å²) in [6.07, 6.45) is 0.757. The number of carbonyl (C=O) groups is 2. The molecule has 0 bridgehead atoms. The number of rotatable bonds is 5. The fourth-order valence-electron chi connectivity index (χ4n) is 3.43. The topological polar surface area (TPSA) is 92.3 Å². The Morgan fingerprint density at radius 2 is 1.77 bits per heavy atom. The Morgan fingerprint density at radius 1 is 0.967 bits per heavy atom. The molecule has 0 fully saturated rings. The zero-order chi connectivity index (χ0) is 21.1. The van der Waals surface area contributed by atoms with Crippen molar-refractivity contribution in [3.05, 3.63) is 95.1 Å². The molecule has 2 N–H and O–H groups in total. The van der Waals surface area contributed by atoms with E-state index >= 15 is 0 Å². The van der Waals surface area contributed by atoms with Gasteiger partial charge in [0.15, 0.2) is 9.84 Å². The first-order valence-electron chi connectivity index (χ1n) is 9.52. The van der Waals surface area contributed by atoms with Gasteiger partial charge in [-0.3, -0.25) is 9.59 Å². The van der Waals surface area contributed by atoms with E-state index < -0.39 is 9.84 Å². The van der Waals surface area contributed by atoms with Gasteiger partial charge in [-0.25, -0.2) is 8.42 Å². The maximum absolute atomic E-state index is 12.7. The summed E-state index contributed by atoms with van der Waals surface area (Å²) in [6.45, 7) is 0.607. The second-order valence-electron chi connectivity index (χ2n) is 7.10. The Balaban J connectivity index is 1.52. The average molecular weight is 420 g/mol. The van der Waals surface area contributed by atoms with Gasteiger partial charge in [-0.1, -0.05) is 36.4 Å². The van der Waals surface area contributed by atoms with Crippen LogP contribution in [0, 0.1) is 0 Å². The van der Waals surface area contributed by atoms with Gasteiger partial charge in [0.05, 0.1) is 10.6 Å². The minimum Gasteiger partial charge on any atom is -0.352 e. The van der Waals surface area contributed by atoms with Crippen molar-refractivity contribution in [2.75, 3.05) is 11.9 Å². The Morgan fingerprint density at radius 3 is 2.57 bits per heavy atom. The van der Waals surface area contributed by atoms with E-state index in [4.69, 9.17) is 0 Å². The molecule has 1 heterocycles. The van der Waals surface area contributed by atoms with Crippen LogP contribution in [0.3, 0.4) is 0 Å². The number of hydrogen-bond acceptors (Lipinski definition) is 4. The molecule has 0 aliphatic carbocycles. The van der Waals surface area contributed by atoms with Crippen molar-refractivity contribution >= 4 is 27.3 Å². The zero-order valence-corrected chi connectivity index (χ0v) is 16.9. The van der Waals surface area contributed by atoms with Gasteiger partial charge in [-0.15, -0.1) is 0 Å². The molecule has 6 nitrogen and oxygen atoms in total. The number of anilines is 1. The van der Waals surface area contributed by atoms with Crippen molar-refractivity contribution in [1.82, 2.24) is 5.32 Å². The summed E-state index contributed by atoms with van der Waals surface area (Å²) in [7, 11) is -3.51. The van der Waals surface area contributed by atoms with Crippen molar-refractivity contribution in [3.63, 3.8) is 0 Å². The number of amides is 2. The summed E-state index contributed by atoms with van der Waals surface area (Å²) in [5.74, 6) is -0.720. The smallest absolute Gasteiger partial charge is 0.255 e. The van der Waals surface area contributed by atoms with Crippen LogP contribution >= 0.6 is 0 Å². The second kappa shape index (κ2) is 8.12. The first kappa shape index (κ1) is 19.8. The minimum absolute atomic E-state index is 0.152. The van der Waals surface area contributed by atoms with Crippen LogP contribution in [0.2, 0.25) is 0 Å². The third kappa shape index (κ3) is 4.26. The van der Waals surface area contributed by atoms with Gasteiger partial charge in [0.25, 0.3) is 11.8 Å². The van der Waals surface area contributed by atoms with Crippen LogP contribution in [-0.4, -0.2) is 26.8 Å². The summed E-state index contributed by atoms with van der Waals surface area (Å²) in [5, 5.41) is 5.57. The van der Waals surface area contributed by atoms with E-state index in [0.29, 0.717) is 28.9 Å². The largest absolute Gasteiger partial charge is 0.352 e. The molecule has 4 rings (SSSR count). The quantitative estimate of drug-likeness (QED) is 0.663. The van der Waals surface area contributed by atoms with E-state index in [1.54, 1.807) is 66.7 Å². The van der Waals surface area contributed by atoms with Crippen molar-refractivity contribution in [2.24, 2.45) is 0 Å². The Bertz CT molecular complexity index is 1220. The van der Waals surface area contributed by atoms with E-state index in [-0.39, 0.29) is 22.5 Å². The number of sulfone groups is 1. The lowest BCUT2D eigenvalue weighted by molar-refractivity contribution is 0.0944. The lowest BCUT2D eigenvalue weighted by Gasteiger charge is -2.17. The molecule has 1 aliphatic heterocycles. The van der Waals surface area contributed by atoms with E-state index in [0.717, 1.165) is 12.0 Å². The van der Waals surface area contributed by atoms with Gasteiger partial charge in [-0.2, -0.15) is 0 Å². The molecule has 0 spiro atoms. The van der Waals surface area contributed by atoms with Crippen LogP contribution in [-0.2, 0) is 22.0 Å². The molecule has 3 aromatic rings. The maximum atomic E-state index is 12.7. The van der Waals surface area contributed by atoms with Crippen LogP contribution in [0.5, 0.6) is 0 Å². The molecular formula is C23H20N2O4S. The Hall–Kier alpha value is -3.45. The summed E-state index contributed by atoms with van der Waals surface area (Å²) < 4.78 is 25.2. The highest BCUT2D eigenvalue weighted by Gasteiger charge is 2.18. The highest BCUT2D eigenvalue weighted by atomic mass is 32.2. The third-order valence-electron chi connectivity index (χ3n) is 4.94. The predicted molar refractivity (Wildman–Crippen MR) is 114 cm³/mol. The molecule has 7 heteroatoms. The van der Waals surface area contributed by atoms with Crippen LogP contribution in [0.25, 0.3) is 0 Å². The third-order valence-corrected chi connectivity index (χ3v) is 6.64. The van der Waals surface area contributed by atoms with Crippen molar-refractivity contribution in [2.45, 2.75) is 17.1 Å². The number of fused-ring (bicyclic) bond motifs is 1. The number of carbonyl (C=O) groups excluding carboxylic acids is 2. The van der Waals surface area contributed by atoms with Gasteiger partial charge in [0, 0.05) is 23.4 Å². The second-order valence-corrected chi connectivity index (χ2v) is 9.09. The highest BCUT2D eigenvalue weighted by molar-refractivity contribution is 7.90. The highest BCUT2D eigenvalue weighted by Crippen LogP contribution is 2.21. The van der Waals surface area contributed by atoms with Gasteiger partial charge in [-0.05, 0) is 53.9 Å². The van der Waals surface area contributed by atoms with Crippen LogP contribution < -0.4 is 10.6 Å². The SMILES string of the molecule is O=C(Nc1ccc2c(c1)C(=O)NCC2)c1cccc(CS(=O)(=O)c2ccccc2)c1. The van der Waals surface area contributed by atoms with Gasteiger partial charge >= 0.3 is 0 Å². The lowest BCUT2D eigenvalue weighted by Crippen LogP contribution is -2.31. The van der Waals surface area contributed by atoms with Crippen molar-refractivity contribution in [3.8, 4) is 0 Å². The monoisotopic (exact) mass is 420 g/mol.